The molecular weight excluding hydrogens is 649 g/mol. The number of hydrogen-bond acceptors (Lipinski definition) is 3. The summed E-state index contributed by atoms with van der Waals surface area (Å²) in [5.41, 5.74) is 13.9. The smallest absolute Gasteiger partial charge is 0.434 e. The van der Waals surface area contributed by atoms with E-state index < -0.39 is 0 Å². The number of fused-ring (bicyclic) bond motifs is 10. The summed E-state index contributed by atoms with van der Waals surface area (Å²) in [6.45, 7) is -0.288. The number of hydrogen-bond donors (Lipinski definition) is 0. The first kappa shape index (κ1) is 28.7. The highest BCUT2D eigenvalue weighted by Crippen LogP contribution is 2.44. The number of rotatable bonds is 3. The Balaban J connectivity index is 1.02. The monoisotopic (exact) mass is 677 g/mol. The molecule has 0 aliphatic carbocycles. The van der Waals surface area contributed by atoms with Gasteiger partial charge in [-0.2, -0.15) is 0 Å². The Hall–Kier alpha value is -6.98. The highest BCUT2D eigenvalue weighted by atomic mass is 16.5. The van der Waals surface area contributed by atoms with E-state index in [1.54, 1.807) is 0 Å². The average molecular weight is 678 g/mol. The molecule has 0 saturated heterocycles. The molecule has 0 atom stereocenters. The summed E-state index contributed by atoms with van der Waals surface area (Å²) in [5, 5.41) is 4.75. The molecular formula is C48H28BNO3. The Kier molecular flexibility index (Phi) is 5.83. The minimum atomic E-state index is -0.288. The van der Waals surface area contributed by atoms with E-state index in [-0.39, 0.29) is 6.92 Å². The molecule has 246 valence electrons. The van der Waals surface area contributed by atoms with Crippen molar-refractivity contribution in [3.05, 3.63) is 170 Å². The molecule has 0 bridgehead atoms. The zero-order valence-electron chi connectivity index (χ0n) is 28.4. The predicted molar refractivity (Wildman–Crippen MR) is 217 cm³/mol. The first-order valence-corrected chi connectivity index (χ1v) is 18.0. The van der Waals surface area contributed by atoms with Crippen molar-refractivity contribution in [1.29, 1.82) is 0 Å². The largest absolute Gasteiger partial charge is 0.551 e. The molecule has 2 aliphatic heterocycles. The van der Waals surface area contributed by atoms with E-state index in [1.807, 2.05) is 24.3 Å². The van der Waals surface area contributed by atoms with Gasteiger partial charge >= 0.3 is 6.92 Å². The Morgan fingerprint density at radius 1 is 0.415 bits per heavy atom. The molecule has 0 spiro atoms. The van der Waals surface area contributed by atoms with Crippen LogP contribution in [0.5, 0.6) is 17.2 Å². The zero-order valence-corrected chi connectivity index (χ0v) is 28.4. The second-order valence-corrected chi connectivity index (χ2v) is 14.0. The van der Waals surface area contributed by atoms with E-state index in [9.17, 15) is 0 Å². The number of nitrogens with zero attached hydrogens (tertiary/aromatic N) is 1. The molecule has 53 heavy (non-hydrogen) atoms. The van der Waals surface area contributed by atoms with Gasteiger partial charge in [-0.25, -0.2) is 0 Å². The second kappa shape index (κ2) is 10.8. The highest BCUT2D eigenvalue weighted by molar-refractivity contribution is 6.84. The van der Waals surface area contributed by atoms with Gasteiger partial charge in [0.1, 0.15) is 28.4 Å². The third-order valence-electron chi connectivity index (χ3n) is 11.1. The van der Waals surface area contributed by atoms with Crippen molar-refractivity contribution < 1.29 is 13.8 Å². The lowest BCUT2D eigenvalue weighted by Gasteiger charge is -2.33. The lowest BCUT2D eigenvalue weighted by molar-refractivity contribution is 0.479. The van der Waals surface area contributed by atoms with E-state index in [4.69, 9.17) is 13.8 Å². The van der Waals surface area contributed by atoms with Gasteiger partial charge in [-0.15, -0.1) is 0 Å². The molecule has 8 aromatic carbocycles. The quantitative estimate of drug-likeness (QED) is 0.175. The van der Waals surface area contributed by atoms with Crippen molar-refractivity contribution in [3.8, 4) is 56.3 Å². The van der Waals surface area contributed by atoms with Crippen LogP contribution >= 0.6 is 0 Å². The fourth-order valence-electron chi connectivity index (χ4n) is 8.64. The third-order valence-corrected chi connectivity index (χ3v) is 11.1. The summed E-state index contributed by atoms with van der Waals surface area (Å²) < 4.78 is 22.3. The van der Waals surface area contributed by atoms with Gasteiger partial charge in [-0.05, 0) is 94.5 Å². The van der Waals surface area contributed by atoms with Gasteiger partial charge in [0.05, 0.1) is 11.0 Å². The third kappa shape index (κ3) is 4.19. The van der Waals surface area contributed by atoms with Gasteiger partial charge in [0.25, 0.3) is 0 Å². The molecule has 12 rings (SSSR count). The van der Waals surface area contributed by atoms with Crippen LogP contribution in [0.3, 0.4) is 0 Å². The minimum absolute atomic E-state index is 0.288. The number of para-hydroxylation sites is 4. The summed E-state index contributed by atoms with van der Waals surface area (Å²) >= 11 is 0. The van der Waals surface area contributed by atoms with Gasteiger partial charge in [-0.1, -0.05) is 103 Å². The average Bonchev–Trinajstić information content (AvgIpc) is 3.76. The number of aromatic nitrogens is 1. The Morgan fingerprint density at radius 3 is 1.96 bits per heavy atom. The van der Waals surface area contributed by atoms with Crippen LogP contribution in [0.25, 0.3) is 82.8 Å². The number of benzene rings is 8. The molecule has 0 N–H and O–H groups in total. The summed E-state index contributed by atoms with van der Waals surface area (Å²) in [7, 11) is 0. The van der Waals surface area contributed by atoms with Gasteiger partial charge in [0, 0.05) is 43.7 Å². The number of ether oxygens (including phenoxy) is 1. The first-order valence-electron chi connectivity index (χ1n) is 18.0. The van der Waals surface area contributed by atoms with Gasteiger partial charge < -0.3 is 18.4 Å². The summed E-state index contributed by atoms with van der Waals surface area (Å²) in [4.78, 5) is 0. The van der Waals surface area contributed by atoms with Crippen LogP contribution in [0.2, 0.25) is 0 Å². The van der Waals surface area contributed by atoms with Crippen LogP contribution in [0, 0.1) is 0 Å². The molecule has 2 aromatic heterocycles. The van der Waals surface area contributed by atoms with E-state index in [0.29, 0.717) is 0 Å². The second-order valence-electron chi connectivity index (χ2n) is 14.0. The van der Waals surface area contributed by atoms with Crippen molar-refractivity contribution in [2.24, 2.45) is 0 Å². The Bertz CT molecular complexity index is 3100. The van der Waals surface area contributed by atoms with Crippen molar-refractivity contribution in [1.82, 2.24) is 4.57 Å². The SMILES string of the molecule is c1cc(-c2cc3c4c(c2)-c2ccc(-c5ccc6c(c5)oc5ccccc56)cc2OB4c2ccccc2O3)cc(-n2c3ccccc3c3ccccc32)c1. The zero-order chi connectivity index (χ0) is 34.6. The first-order chi connectivity index (χ1) is 26.2. The van der Waals surface area contributed by atoms with Crippen molar-refractivity contribution >= 4 is 61.6 Å². The van der Waals surface area contributed by atoms with Crippen molar-refractivity contribution in [3.63, 3.8) is 0 Å². The predicted octanol–water partition coefficient (Wildman–Crippen LogP) is 11.3. The van der Waals surface area contributed by atoms with Crippen LogP contribution in [0.1, 0.15) is 0 Å². The van der Waals surface area contributed by atoms with E-state index in [1.165, 1.54) is 21.8 Å². The number of furan rings is 1. The Morgan fingerprint density at radius 2 is 1.09 bits per heavy atom. The molecule has 2 aliphatic rings. The molecule has 0 radical (unpaired) electrons. The van der Waals surface area contributed by atoms with Crippen LogP contribution in [0.15, 0.2) is 174 Å². The minimum Gasteiger partial charge on any atom is -0.551 e. The van der Waals surface area contributed by atoms with E-state index >= 15 is 0 Å². The molecule has 0 amide bonds. The summed E-state index contributed by atoms with van der Waals surface area (Å²) in [6.07, 6.45) is 0. The topological polar surface area (TPSA) is 36.5 Å². The lowest BCUT2D eigenvalue weighted by atomic mass is 9.50. The molecule has 0 saturated carbocycles. The molecule has 0 fully saturated rings. The lowest BCUT2D eigenvalue weighted by Crippen LogP contribution is -2.53. The fraction of sp³-hybridized carbons (Fsp3) is 0. The standard InChI is InChI=1S/C48H28BNO3/c1-5-16-41-34(12-1)35-13-2-6-17-42(35)50(41)33-11-9-10-29(24-33)32-25-39-38-23-21-31(30-20-22-37-36-14-3-7-18-43(36)51-45(37)26-30)27-46(38)53-49-40-15-4-8-19-44(40)52-47(28-32)48(39)49/h1-28H. The maximum absolute atomic E-state index is 6.95. The van der Waals surface area contributed by atoms with Crippen LogP contribution in [-0.4, -0.2) is 11.5 Å². The molecule has 0 unspecified atom stereocenters. The van der Waals surface area contributed by atoms with Crippen LogP contribution in [-0.2, 0) is 0 Å². The fourth-order valence-corrected chi connectivity index (χ4v) is 8.64. The molecule has 4 heterocycles. The van der Waals surface area contributed by atoms with Crippen molar-refractivity contribution in [2.75, 3.05) is 0 Å². The highest BCUT2D eigenvalue weighted by Gasteiger charge is 2.41. The van der Waals surface area contributed by atoms with E-state index in [0.717, 1.165) is 89.2 Å². The summed E-state index contributed by atoms with van der Waals surface area (Å²) in [5.74, 6) is 2.50. The van der Waals surface area contributed by atoms with Crippen LogP contribution in [0.4, 0.5) is 0 Å². The summed E-state index contributed by atoms with van der Waals surface area (Å²) in [6, 6.07) is 60.1. The molecule has 4 nitrogen and oxygen atoms in total. The van der Waals surface area contributed by atoms with E-state index in [2.05, 4.69) is 150 Å². The normalized spacial score (nSPS) is 12.8. The van der Waals surface area contributed by atoms with Gasteiger partial charge in [-0.3, -0.25) is 0 Å². The Labute approximate surface area is 305 Å². The molecule has 5 heteroatoms. The van der Waals surface area contributed by atoms with Crippen LogP contribution < -0.4 is 20.3 Å². The molecule has 10 aromatic rings. The maximum atomic E-state index is 6.95. The van der Waals surface area contributed by atoms with Gasteiger partial charge in [0.15, 0.2) is 0 Å². The maximum Gasteiger partial charge on any atom is 0.434 e. The van der Waals surface area contributed by atoms with Gasteiger partial charge in [0.2, 0.25) is 0 Å². The van der Waals surface area contributed by atoms with Crippen molar-refractivity contribution in [2.45, 2.75) is 0 Å².